The summed E-state index contributed by atoms with van der Waals surface area (Å²) in [6.07, 6.45) is 57.5. The maximum Gasteiger partial charge on any atom is 0.220 e. The van der Waals surface area contributed by atoms with Crippen LogP contribution >= 0.6 is 0 Å². The normalized spacial score (nSPS) is 19.9. The van der Waals surface area contributed by atoms with Crippen LogP contribution in [0, 0.1) is 0 Å². The third-order valence-electron chi connectivity index (χ3n) is 13.6. The van der Waals surface area contributed by atoms with Gasteiger partial charge >= 0.3 is 0 Å². The summed E-state index contributed by atoms with van der Waals surface area (Å²) in [5.41, 5.74) is 0. The van der Waals surface area contributed by atoms with Gasteiger partial charge in [-0.2, -0.15) is 0 Å². The molecule has 0 aromatic heterocycles. The highest BCUT2D eigenvalue weighted by Gasteiger charge is 2.44. The number of amides is 1. The van der Waals surface area contributed by atoms with Crippen molar-refractivity contribution in [2.24, 2.45) is 0 Å². The van der Waals surface area contributed by atoms with Gasteiger partial charge in [0.15, 0.2) is 6.29 Å². The summed E-state index contributed by atoms with van der Waals surface area (Å²) >= 11 is 0. The van der Waals surface area contributed by atoms with Crippen LogP contribution in [0.2, 0.25) is 0 Å². The number of unbranched alkanes of at least 4 members (excludes halogenated alkanes) is 33. The number of carbonyl (C=O) groups excluding carboxylic acids is 1. The van der Waals surface area contributed by atoms with Crippen LogP contribution in [0.25, 0.3) is 0 Å². The molecule has 6 N–H and O–H groups in total. The summed E-state index contributed by atoms with van der Waals surface area (Å²) in [5.74, 6) is -0.191. The summed E-state index contributed by atoms with van der Waals surface area (Å²) in [7, 11) is 0. The van der Waals surface area contributed by atoms with E-state index in [0.29, 0.717) is 6.42 Å². The molecule has 1 aliphatic heterocycles. The molecule has 398 valence electrons. The standard InChI is InChI=1S/C59H109NO8/c1-3-5-7-9-11-13-15-17-19-21-23-25-26-27-28-29-31-33-35-37-39-41-43-45-47-49-55(63)60-52(51-67-59-58(66)57(65)56(64)54(50-61)68-59)53(62)48-46-44-42-40-38-36-34-32-30-24-22-20-18-16-14-12-10-8-6-4-2/h27-28,30,32,38,40,46,48,52-54,56-59,61-62,64-66H,3-26,29,31,33-37,39,41-45,47,49-51H2,1-2H3,(H,60,63)/b28-27-,32-30+,40-38+,48-46+. The molecule has 9 heteroatoms. The second kappa shape index (κ2) is 48.8. The lowest BCUT2D eigenvalue weighted by Crippen LogP contribution is -2.60. The summed E-state index contributed by atoms with van der Waals surface area (Å²) in [5, 5.41) is 54.5. The topological polar surface area (TPSA) is 149 Å². The fourth-order valence-electron chi connectivity index (χ4n) is 9.01. The molecule has 0 aliphatic carbocycles. The third-order valence-corrected chi connectivity index (χ3v) is 13.6. The number of allylic oxidation sites excluding steroid dienone is 7. The Morgan fingerprint density at radius 1 is 0.485 bits per heavy atom. The molecule has 1 saturated heterocycles. The van der Waals surface area contributed by atoms with E-state index >= 15 is 0 Å². The van der Waals surface area contributed by atoms with Crippen LogP contribution in [0.1, 0.15) is 264 Å². The van der Waals surface area contributed by atoms with E-state index in [4.69, 9.17) is 9.47 Å². The van der Waals surface area contributed by atoms with Crippen LogP contribution in [0.3, 0.4) is 0 Å². The quantitative estimate of drug-likeness (QED) is 0.0261. The lowest BCUT2D eigenvalue weighted by Gasteiger charge is -2.40. The van der Waals surface area contributed by atoms with Gasteiger partial charge in [-0.25, -0.2) is 0 Å². The van der Waals surface area contributed by atoms with Gasteiger partial charge < -0.3 is 40.3 Å². The third kappa shape index (κ3) is 37.9. The van der Waals surface area contributed by atoms with E-state index in [1.54, 1.807) is 6.08 Å². The van der Waals surface area contributed by atoms with Crippen molar-refractivity contribution in [3.63, 3.8) is 0 Å². The zero-order chi connectivity index (χ0) is 49.4. The lowest BCUT2D eigenvalue weighted by atomic mass is 9.99. The molecule has 1 aliphatic rings. The Morgan fingerprint density at radius 3 is 1.24 bits per heavy atom. The maximum absolute atomic E-state index is 13.0. The Labute approximate surface area is 418 Å². The number of aliphatic hydroxyl groups is 5. The van der Waals surface area contributed by atoms with Crippen molar-refractivity contribution in [1.82, 2.24) is 5.32 Å². The molecule has 0 saturated carbocycles. The molecular weight excluding hydrogens is 851 g/mol. The zero-order valence-corrected chi connectivity index (χ0v) is 44.1. The number of hydrogen-bond donors (Lipinski definition) is 6. The molecule has 1 rings (SSSR count). The minimum absolute atomic E-state index is 0.191. The SMILES string of the molecule is CCCCCCCCCCCC/C=C/CC/C=C/CC/C=C/C(O)C(COC1OC(CO)C(O)C(O)C1O)NC(=O)CCCCCCCCCCC/C=C\CCCCCCCCCCCCCC. The second-order valence-corrected chi connectivity index (χ2v) is 20.1. The van der Waals surface area contributed by atoms with Crippen molar-refractivity contribution in [2.75, 3.05) is 13.2 Å². The molecule has 0 aromatic carbocycles. The molecule has 1 fully saturated rings. The van der Waals surface area contributed by atoms with Gasteiger partial charge in [-0.1, -0.05) is 236 Å². The van der Waals surface area contributed by atoms with E-state index < -0.39 is 49.5 Å². The molecule has 1 heterocycles. The second-order valence-electron chi connectivity index (χ2n) is 20.1. The highest BCUT2D eigenvalue weighted by atomic mass is 16.7. The van der Waals surface area contributed by atoms with Gasteiger partial charge in [0.2, 0.25) is 5.91 Å². The molecule has 1 amide bonds. The minimum atomic E-state index is -1.58. The minimum Gasteiger partial charge on any atom is -0.394 e. The Bertz CT molecular complexity index is 1210. The predicted octanol–water partition coefficient (Wildman–Crippen LogP) is 14.1. The molecule has 0 spiro atoms. The number of ether oxygens (including phenoxy) is 2. The monoisotopic (exact) mass is 960 g/mol. The number of hydrogen-bond acceptors (Lipinski definition) is 8. The van der Waals surface area contributed by atoms with Gasteiger partial charge in [-0.3, -0.25) is 4.79 Å². The van der Waals surface area contributed by atoms with Gasteiger partial charge in [0.1, 0.15) is 24.4 Å². The Morgan fingerprint density at radius 2 is 0.838 bits per heavy atom. The summed E-state index contributed by atoms with van der Waals surface area (Å²) in [4.78, 5) is 13.0. The number of carbonyl (C=O) groups is 1. The predicted molar refractivity (Wildman–Crippen MR) is 286 cm³/mol. The van der Waals surface area contributed by atoms with Crippen molar-refractivity contribution >= 4 is 5.91 Å². The van der Waals surface area contributed by atoms with Crippen LogP contribution < -0.4 is 5.32 Å². The largest absolute Gasteiger partial charge is 0.394 e. The average Bonchev–Trinajstić information content (AvgIpc) is 3.34. The van der Waals surface area contributed by atoms with Crippen LogP contribution in [-0.4, -0.2) is 87.5 Å². The van der Waals surface area contributed by atoms with Crippen LogP contribution in [0.4, 0.5) is 0 Å². The van der Waals surface area contributed by atoms with E-state index in [1.165, 1.54) is 199 Å². The molecule has 0 radical (unpaired) electrons. The molecule has 7 unspecified atom stereocenters. The summed E-state index contributed by atoms with van der Waals surface area (Å²) < 4.78 is 11.2. The molecule has 0 aromatic rings. The fraction of sp³-hybridized carbons (Fsp3) is 0.847. The van der Waals surface area contributed by atoms with Crippen molar-refractivity contribution < 1.29 is 39.8 Å². The van der Waals surface area contributed by atoms with Gasteiger partial charge in [0.05, 0.1) is 25.4 Å². The van der Waals surface area contributed by atoms with E-state index in [1.807, 2.05) is 6.08 Å². The zero-order valence-electron chi connectivity index (χ0n) is 44.1. The van der Waals surface area contributed by atoms with E-state index in [2.05, 4.69) is 55.6 Å². The highest BCUT2D eigenvalue weighted by Crippen LogP contribution is 2.23. The van der Waals surface area contributed by atoms with Crippen molar-refractivity contribution in [1.29, 1.82) is 0 Å². The van der Waals surface area contributed by atoms with Gasteiger partial charge in [-0.05, 0) is 70.6 Å². The van der Waals surface area contributed by atoms with Crippen LogP contribution in [0.5, 0.6) is 0 Å². The van der Waals surface area contributed by atoms with Crippen molar-refractivity contribution in [3.05, 3.63) is 48.6 Å². The first-order valence-corrected chi connectivity index (χ1v) is 28.9. The lowest BCUT2D eigenvalue weighted by molar-refractivity contribution is -0.302. The van der Waals surface area contributed by atoms with Crippen LogP contribution in [-0.2, 0) is 14.3 Å². The Balaban J connectivity index is 2.26. The molecule has 7 atom stereocenters. The van der Waals surface area contributed by atoms with E-state index in [-0.39, 0.29) is 12.5 Å². The van der Waals surface area contributed by atoms with Crippen molar-refractivity contribution in [3.8, 4) is 0 Å². The molecule has 68 heavy (non-hydrogen) atoms. The van der Waals surface area contributed by atoms with E-state index in [9.17, 15) is 30.3 Å². The molecule has 9 nitrogen and oxygen atoms in total. The smallest absolute Gasteiger partial charge is 0.220 e. The number of nitrogens with one attached hydrogen (secondary N) is 1. The highest BCUT2D eigenvalue weighted by molar-refractivity contribution is 5.76. The first-order chi connectivity index (χ1) is 33.3. The fourth-order valence-corrected chi connectivity index (χ4v) is 9.01. The Hall–Kier alpha value is -1.85. The molecular formula is C59H109NO8. The first kappa shape index (κ1) is 64.2. The first-order valence-electron chi connectivity index (χ1n) is 28.9. The van der Waals surface area contributed by atoms with Gasteiger partial charge in [-0.15, -0.1) is 0 Å². The maximum atomic E-state index is 13.0. The number of aliphatic hydroxyl groups excluding tert-OH is 5. The molecule has 0 bridgehead atoms. The Kier molecular flexibility index (Phi) is 46.0. The van der Waals surface area contributed by atoms with Crippen molar-refractivity contribution in [2.45, 2.75) is 307 Å². The average molecular weight is 961 g/mol. The van der Waals surface area contributed by atoms with E-state index in [0.717, 1.165) is 44.9 Å². The van der Waals surface area contributed by atoms with Crippen LogP contribution in [0.15, 0.2) is 48.6 Å². The summed E-state index contributed by atoms with van der Waals surface area (Å²) in [6.45, 7) is 3.78. The van der Waals surface area contributed by atoms with Gasteiger partial charge in [0.25, 0.3) is 0 Å². The number of rotatable bonds is 49. The van der Waals surface area contributed by atoms with Gasteiger partial charge in [0, 0.05) is 6.42 Å². The summed E-state index contributed by atoms with van der Waals surface area (Å²) in [6, 6.07) is -0.830.